The third-order valence-corrected chi connectivity index (χ3v) is 6.54. The normalized spacial score (nSPS) is 11.6. The number of ether oxygens (including phenoxy) is 1. The summed E-state index contributed by atoms with van der Waals surface area (Å²) in [6.45, 7) is 3.33. The molecule has 0 saturated carbocycles. The Hall–Kier alpha value is -2.39. The van der Waals surface area contributed by atoms with Crippen molar-refractivity contribution >= 4 is 50.2 Å². The van der Waals surface area contributed by atoms with Crippen molar-refractivity contribution in [3.05, 3.63) is 68.0 Å². The van der Waals surface area contributed by atoms with Crippen molar-refractivity contribution in [1.29, 1.82) is 0 Å². The summed E-state index contributed by atoms with van der Waals surface area (Å²) in [5.74, 6) is -0.726. The molecule has 0 fully saturated rings. The third-order valence-electron chi connectivity index (χ3n) is 4.33. The van der Waals surface area contributed by atoms with Gasteiger partial charge in [-0.05, 0) is 37.6 Å². The van der Waals surface area contributed by atoms with E-state index in [2.05, 4.69) is 4.72 Å². The van der Waals surface area contributed by atoms with Crippen LogP contribution in [-0.4, -0.2) is 20.9 Å². The molecule has 3 aromatic rings. The summed E-state index contributed by atoms with van der Waals surface area (Å²) in [6.07, 6.45) is -0.233. The number of rotatable bonds is 6. The van der Waals surface area contributed by atoms with Crippen LogP contribution < -0.4 is 15.1 Å². The maximum atomic E-state index is 12.2. The molecule has 1 N–H and O–H groups in total. The number of fused-ring (bicyclic) bond motifs is 1. The third kappa shape index (κ3) is 4.84. The zero-order valence-electron chi connectivity index (χ0n) is 16.0. The number of hydrogen-bond acceptors (Lipinski definition) is 6. The lowest BCUT2D eigenvalue weighted by atomic mass is 10.1. The van der Waals surface area contributed by atoms with Gasteiger partial charge >= 0.3 is 11.6 Å². The summed E-state index contributed by atoms with van der Waals surface area (Å²) in [4.78, 5) is 24.0. The Balaban J connectivity index is 1.68. The fraction of sp³-hybridized carbons (Fsp3) is 0.200. The minimum absolute atomic E-state index is 0.0135. The Morgan fingerprint density at radius 1 is 1.13 bits per heavy atom. The Morgan fingerprint density at radius 2 is 1.80 bits per heavy atom. The highest BCUT2D eigenvalue weighted by molar-refractivity contribution is 7.89. The van der Waals surface area contributed by atoms with Crippen LogP contribution >= 0.6 is 23.2 Å². The molecule has 10 heteroatoms. The van der Waals surface area contributed by atoms with E-state index in [9.17, 15) is 18.0 Å². The average molecular weight is 470 g/mol. The van der Waals surface area contributed by atoms with E-state index in [0.29, 0.717) is 10.9 Å². The van der Waals surface area contributed by atoms with Gasteiger partial charge in [-0.1, -0.05) is 40.9 Å². The minimum Gasteiger partial charge on any atom is -0.425 e. The Kier molecular flexibility index (Phi) is 6.52. The number of hydrogen-bond donors (Lipinski definition) is 1. The quantitative estimate of drug-likeness (QED) is 0.332. The molecule has 0 atom stereocenters. The van der Waals surface area contributed by atoms with Crippen LogP contribution in [0, 0.1) is 13.8 Å². The molecule has 0 aliphatic heterocycles. The summed E-state index contributed by atoms with van der Waals surface area (Å²) in [6, 6.07) is 9.11. The van der Waals surface area contributed by atoms with Crippen LogP contribution in [0.3, 0.4) is 0 Å². The van der Waals surface area contributed by atoms with Crippen molar-refractivity contribution in [3.63, 3.8) is 0 Å². The Morgan fingerprint density at radius 3 is 2.47 bits per heavy atom. The van der Waals surface area contributed by atoms with Gasteiger partial charge in [0.2, 0.25) is 10.0 Å². The van der Waals surface area contributed by atoms with Gasteiger partial charge in [0.15, 0.2) is 5.75 Å². The Labute approximate surface area is 182 Å². The van der Waals surface area contributed by atoms with Gasteiger partial charge in [0.05, 0.1) is 16.3 Å². The summed E-state index contributed by atoms with van der Waals surface area (Å²) < 4.78 is 37.1. The van der Waals surface area contributed by atoms with E-state index in [1.54, 1.807) is 19.1 Å². The summed E-state index contributed by atoms with van der Waals surface area (Å²) in [5.41, 5.74) is 0.868. The van der Waals surface area contributed by atoms with Gasteiger partial charge in [0.25, 0.3) is 0 Å². The first-order chi connectivity index (χ1) is 14.1. The lowest BCUT2D eigenvalue weighted by Gasteiger charge is -2.10. The largest absolute Gasteiger partial charge is 0.425 e. The fourth-order valence-corrected chi connectivity index (χ4v) is 4.04. The van der Waals surface area contributed by atoms with Crippen LogP contribution in [0.15, 0.2) is 50.5 Å². The first-order valence-corrected chi connectivity index (χ1v) is 11.0. The number of esters is 1. The van der Waals surface area contributed by atoms with Crippen molar-refractivity contribution in [2.24, 2.45) is 0 Å². The topological polar surface area (TPSA) is 103 Å². The molecule has 158 valence electrons. The number of carbonyl (C=O) groups excluding carboxylic acids is 1. The fourth-order valence-electron chi connectivity index (χ4n) is 2.67. The number of halogens is 2. The molecule has 0 aliphatic carbocycles. The maximum Gasteiger partial charge on any atom is 0.355 e. The number of sulfonamides is 1. The van der Waals surface area contributed by atoms with E-state index in [-0.39, 0.29) is 39.2 Å². The van der Waals surface area contributed by atoms with E-state index < -0.39 is 21.6 Å². The SMILES string of the molecule is Cc1ccc(S(=O)(=O)NCCC(=O)Oc2cc3oc(=O)c(Cl)c(C)c3cc2Cl)cc1. The van der Waals surface area contributed by atoms with Crippen molar-refractivity contribution < 1.29 is 22.4 Å². The van der Waals surface area contributed by atoms with Gasteiger partial charge in [0, 0.05) is 18.0 Å². The van der Waals surface area contributed by atoms with E-state index >= 15 is 0 Å². The van der Waals surface area contributed by atoms with Crippen molar-refractivity contribution in [2.45, 2.75) is 25.2 Å². The van der Waals surface area contributed by atoms with Crippen LogP contribution in [0.5, 0.6) is 5.75 Å². The van der Waals surface area contributed by atoms with E-state index in [1.165, 1.54) is 24.3 Å². The zero-order chi connectivity index (χ0) is 22.1. The highest BCUT2D eigenvalue weighted by Crippen LogP contribution is 2.32. The molecule has 0 amide bonds. The van der Waals surface area contributed by atoms with Gasteiger partial charge in [-0.2, -0.15) is 0 Å². The molecule has 1 aromatic heterocycles. The van der Waals surface area contributed by atoms with Gasteiger partial charge < -0.3 is 9.15 Å². The minimum atomic E-state index is -3.74. The highest BCUT2D eigenvalue weighted by Gasteiger charge is 2.17. The monoisotopic (exact) mass is 469 g/mol. The van der Waals surface area contributed by atoms with Crippen LogP contribution in [0.4, 0.5) is 0 Å². The number of nitrogens with one attached hydrogen (secondary N) is 1. The molecular weight excluding hydrogens is 453 g/mol. The van der Waals surface area contributed by atoms with Gasteiger partial charge in [0.1, 0.15) is 10.6 Å². The van der Waals surface area contributed by atoms with Crippen molar-refractivity contribution in [2.75, 3.05) is 6.54 Å². The summed E-state index contributed by atoms with van der Waals surface area (Å²) in [5, 5.41) is 0.573. The van der Waals surface area contributed by atoms with E-state index in [0.717, 1.165) is 5.56 Å². The number of carbonyl (C=O) groups is 1. The predicted molar refractivity (Wildman–Crippen MR) is 114 cm³/mol. The molecule has 0 saturated heterocycles. The standard InChI is InChI=1S/C20H17Cl2NO6S/c1-11-3-5-13(6-4-11)30(26,27)23-8-7-18(24)28-17-10-16-14(9-15(17)21)12(2)19(22)20(25)29-16/h3-6,9-10,23H,7-8H2,1-2H3. The van der Waals surface area contributed by atoms with E-state index in [1.807, 2.05) is 6.92 Å². The summed E-state index contributed by atoms with van der Waals surface area (Å²) >= 11 is 12.0. The first kappa shape index (κ1) is 22.3. The smallest absolute Gasteiger partial charge is 0.355 e. The number of aryl methyl sites for hydroxylation is 2. The zero-order valence-corrected chi connectivity index (χ0v) is 18.3. The molecule has 3 rings (SSSR count). The molecular formula is C20H17Cl2NO6S. The van der Waals surface area contributed by atoms with Crippen LogP contribution in [-0.2, 0) is 14.8 Å². The molecule has 0 unspecified atom stereocenters. The second kappa shape index (κ2) is 8.77. The van der Waals surface area contributed by atoms with Crippen molar-refractivity contribution in [1.82, 2.24) is 4.72 Å². The van der Waals surface area contributed by atoms with Gasteiger partial charge in [-0.15, -0.1) is 0 Å². The average Bonchev–Trinajstić information content (AvgIpc) is 2.68. The predicted octanol–water partition coefficient (Wildman–Crippen LogP) is 3.99. The molecule has 1 heterocycles. The molecule has 0 spiro atoms. The maximum absolute atomic E-state index is 12.2. The molecule has 30 heavy (non-hydrogen) atoms. The molecule has 0 bridgehead atoms. The number of benzene rings is 2. The second-order valence-corrected chi connectivity index (χ2v) is 9.09. The lowest BCUT2D eigenvalue weighted by molar-refractivity contribution is -0.134. The molecule has 0 aliphatic rings. The second-order valence-electron chi connectivity index (χ2n) is 6.54. The lowest BCUT2D eigenvalue weighted by Crippen LogP contribution is -2.27. The first-order valence-electron chi connectivity index (χ1n) is 8.78. The highest BCUT2D eigenvalue weighted by atomic mass is 35.5. The summed E-state index contributed by atoms with van der Waals surface area (Å²) in [7, 11) is -3.74. The Bertz CT molecular complexity index is 1280. The molecule has 0 radical (unpaired) electrons. The van der Waals surface area contributed by atoms with Gasteiger partial charge in [-0.25, -0.2) is 17.9 Å². The van der Waals surface area contributed by atoms with E-state index in [4.69, 9.17) is 32.4 Å². The van der Waals surface area contributed by atoms with Crippen LogP contribution in [0.25, 0.3) is 11.0 Å². The molecule has 7 nitrogen and oxygen atoms in total. The van der Waals surface area contributed by atoms with Crippen LogP contribution in [0.1, 0.15) is 17.5 Å². The van der Waals surface area contributed by atoms with Gasteiger partial charge in [-0.3, -0.25) is 4.79 Å². The van der Waals surface area contributed by atoms with Crippen LogP contribution in [0.2, 0.25) is 10.0 Å². The molecule has 2 aromatic carbocycles. The van der Waals surface area contributed by atoms with Crippen molar-refractivity contribution in [3.8, 4) is 5.75 Å².